The zero-order valence-corrected chi connectivity index (χ0v) is 15.8. The average Bonchev–Trinajstić information content (AvgIpc) is 2.57. The Morgan fingerprint density at radius 1 is 1.15 bits per heavy atom. The Labute approximate surface area is 155 Å². The fraction of sp³-hybridized carbons (Fsp3) is 0.368. The van der Waals surface area contributed by atoms with Crippen molar-refractivity contribution in [2.24, 2.45) is 5.41 Å². The summed E-state index contributed by atoms with van der Waals surface area (Å²) in [4.78, 5) is 4.35. The summed E-state index contributed by atoms with van der Waals surface area (Å²) >= 11 is 1.17. The number of halogens is 3. The topological polar surface area (TPSA) is 45.9 Å². The SMILES string of the molecule is COc1ccc(-c2cc(C(F)(F)F)c(C#N)c(SCC(C)(C)C)n2)cc1. The maximum absolute atomic E-state index is 13.5. The van der Waals surface area contributed by atoms with E-state index in [9.17, 15) is 18.4 Å². The van der Waals surface area contributed by atoms with E-state index < -0.39 is 17.3 Å². The summed E-state index contributed by atoms with van der Waals surface area (Å²) in [6.45, 7) is 5.93. The van der Waals surface area contributed by atoms with Crippen LogP contribution in [0, 0.1) is 16.7 Å². The van der Waals surface area contributed by atoms with Crippen molar-refractivity contribution in [1.82, 2.24) is 4.98 Å². The maximum Gasteiger partial charge on any atom is 0.417 e. The number of hydrogen-bond donors (Lipinski definition) is 0. The van der Waals surface area contributed by atoms with Crippen molar-refractivity contribution in [3.8, 4) is 23.1 Å². The second-order valence-corrected chi connectivity index (χ2v) is 7.89. The van der Waals surface area contributed by atoms with Crippen molar-refractivity contribution in [2.75, 3.05) is 12.9 Å². The van der Waals surface area contributed by atoms with Crippen molar-refractivity contribution < 1.29 is 17.9 Å². The van der Waals surface area contributed by atoms with Gasteiger partial charge in [-0.3, -0.25) is 0 Å². The summed E-state index contributed by atoms with van der Waals surface area (Å²) in [7, 11) is 1.51. The van der Waals surface area contributed by atoms with Gasteiger partial charge < -0.3 is 4.74 Å². The number of pyridine rings is 1. The van der Waals surface area contributed by atoms with Crippen LogP contribution in [-0.2, 0) is 6.18 Å². The Bertz CT molecular complexity index is 819. The first-order chi connectivity index (χ1) is 12.0. The molecule has 2 aromatic rings. The van der Waals surface area contributed by atoms with Crippen LogP contribution in [0.15, 0.2) is 35.4 Å². The number of benzene rings is 1. The molecule has 0 fully saturated rings. The highest BCUT2D eigenvalue weighted by atomic mass is 32.2. The van der Waals surface area contributed by atoms with Crippen LogP contribution in [0.25, 0.3) is 11.3 Å². The van der Waals surface area contributed by atoms with Gasteiger partial charge in [0.05, 0.1) is 23.9 Å². The molecular weight excluding hydrogens is 361 g/mol. The Morgan fingerprint density at radius 3 is 2.23 bits per heavy atom. The van der Waals surface area contributed by atoms with Gasteiger partial charge in [0.15, 0.2) is 0 Å². The van der Waals surface area contributed by atoms with Crippen LogP contribution >= 0.6 is 11.8 Å². The number of alkyl halides is 3. The maximum atomic E-state index is 13.5. The molecular formula is C19H19F3N2OS. The van der Waals surface area contributed by atoms with Crippen LogP contribution in [0.2, 0.25) is 0 Å². The van der Waals surface area contributed by atoms with Gasteiger partial charge in [-0.1, -0.05) is 20.8 Å². The third kappa shape index (κ3) is 4.92. The molecule has 0 unspecified atom stereocenters. The molecule has 0 aliphatic heterocycles. The average molecular weight is 380 g/mol. The van der Waals surface area contributed by atoms with Crippen LogP contribution < -0.4 is 4.74 Å². The fourth-order valence-corrected chi connectivity index (χ4v) is 3.18. The number of aromatic nitrogens is 1. The van der Waals surface area contributed by atoms with E-state index in [1.165, 1.54) is 18.9 Å². The number of thioether (sulfide) groups is 1. The Hall–Kier alpha value is -2.20. The molecule has 2 rings (SSSR count). The number of methoxy groups -OCH3 is 1. The lowest BCUT2D eigenvalue weighted by Crippen LogP contribution is -2.12. The number of nitriles is 1. The summed E-state index contributed by atoms with van der Waals surface area (Å²) < 4.78 is 45.6. The highest BCUT2D eigenvalue weighted by Crippen LogP contribution is 2.39. The van der Waals surface area contributed by atoms with Crippen LogP contribution in [0.5, 0.6) is 5.75 Å². The van der Waals surface area contributed by atoms with Crippen LogP contribution in [0.3, 0.4) is 0 Å². The number of nitrogens with zero attached hydrogens (tertiary/aromatic N) is 2. The monoisotopic (exact) mass is 380 g/mol. The predicted molar refractivity (Wildman–Crippen MR) is 96.1 cm³/mol. The minimum atomic E-state index is -4.63. The molecule has 26 heavy (non-hydrogen) atoms. The standard InChI is InChI=1S/C19H19F3N2OS/c1-18(2,3)11-26-17-14(10-23)15(19(20,21)22)9-16(24-17)12-5-7-13(25-4)8-6-12/h5-9H,11H2,1-4H3. The normalized spacial score (nSPS) is 11.9. The van der Waals surface area contributed by atoms with Gasteiger partial charge in [0.2, 0.25) is 0 Å². The minimum Gasteiger partial charge on any atom is -0.497 e. The highest BCUT2D eigenvalue weighted by Gasteiger charge is 2.36. The van der Waals surface area contributed by atoms with E-state index in [0.717, 1.165) is 6.07 Å². The lowest BCUT2D eigenvalue weighted by molar-refractivity contribution is -0.138. The van der Waals surface area contributed by atoms with Gasteiger partial charge in [0, 0.05) is 11.3 Å². The van der Waals surface area contributed by atoms with Crippen LogP contribution in [-0.4, -0.2) is 17.8 Å². The van der Waals surface area contributed by atoms with Crippen molar-refractivity contribution >= 4 is 11.8 Å². The lowest BCUT2D eigenvalue weighted by atomic mass is 10.0. The minimum absolute atomic E-state index is 0.100. The second kappa shape index (κ2) is 7.58. The predicted octanol–water partition coefficient (Wildman–Crippen LogP) is 5.79. The molecule has 0 aliphatic carbocycles. The second-order valence-electron chi connectivity index (χ2n) is 6.92. The van der Waals surface area contributed by atoms with Gasteiger partial charge in [-0.05, 0) is 35.7 Å². The zero-order valence-electron chi connectivity index (χ0n) is 14.9. The molecule has 1 aromatic heterocycles. The van der Waals surface area contributed by atoms with Crippen molar-refractivity contribution in [2.45, 2.75) is 32.0 Å². The number of ether oxygens (including phenoxy) is 1. The van der Waals surface area contributed by atoms with Gasteiger partial charge in [-0.15, -0.1) is 11.8 Å². The molecule has 0 radical (unpaired) electrons. The van der Waals surface area contributed by atoms with Gasteiger partial charge in [-0.25, -0.2) is 4.98 Å². The van der Waals surface area contributed by atoms with Crippen molar-refractivity contribution in [1.29, 1.82) is 5.26 Å². The molecule has 0 aliphatic rings. The van der Waals surface area contributed by atoms with Crippen LogP contribution in [0.1, 0.15) is 31.9 Å². The van der Waals surface area contributed by atoms with E-state index in [2.05, 4.69) is 4.98 Å². The van der Waals surface area contributed by atoms with Gasteiger partial charge in [-0.2, -0.15) is 18.4 Å². The van der Waals surface area contributed by atoms with Gasteiger partial charge in [0.1, 0.15) is 16.8 Å². The molecule has 0 atom stereocenters. The molecule has 0 bridgehead atoms. The van der Waals surface area contributed by atoms with E-state index in [0.29, 0.717) is 17.1 Å². The molecule has 1 aromatic carbocycles. The molecule has 0 spiro atoms. The van der Waals surface area contributed by atoms with E-state index in [-0.39, 0.29) is 16.1 Å². The number of rotatable bonds is 4. The summed E-state index contributed by atoms with van der Waals surface area (Å²) in [5.41, 5.74) is -0.803. The first-order valence-electron chi connectivity index (χ1n) is 7.85. The van der Waals surface area contributed by atoms with Gasteiger partial charge >= 0.3 is 6.18 Å². The molecule has 138 valence electrons. The van der Waals surface area contributed by atoms with E-state index in [4.69, 9.17) is 4.74 Å². The Kier molecular flexibility index (Phi) is 5.87. The van der Waals surface area contributed by atoms with Crippen molar-refractivity contribution in [3.63, 3.8) is 0 Å². The van der Waals surface area contributed by atoms with E-state index in [1.807, 2.05) is 20.8 Å². The first-order valence-corrected chi connectivity index (χ1v) is 8.83. The summed E-state index contributed by atoms with van der Waals surface area (Å²) in [5.74, 6) is 1.14. The fourth-order valence-electron chi connectivity index (χ4n) is 2.15. The summed E-state index contributed by atoms with van der Waals surface area (Å²) in [6.07, 6.45) is -4.63. The van der Waals surface area contributed by atoms with Crippen LogP contribution in [0.4, 0.5) is 13.2 Å². The molecule has 7 heteroatoms. The Balaban J connectivity index is 2.59. The molecule has 0 saturated carbocycles. The molecule has 0 N–H and O–H groups in total. The smallest absolute Gasteiger partial charge is 0.417 e. The first kappa shape index (κ1) is 20.1. The zero-order chi connectivity index (χ0) is 19.5. The largest absolute Gasteiger partial charge is 0.497 e. The third-order valence-corrected chi connectivity index (χ3v) is 5.01. The molecule has 3 nitrogen and oxygen atoms in total. The Morgan fingerprint density at radius 2 is 1.77 bits per heavy atom. The van der Waals surface area contributed by atoms with E-state index in [1.54, 1.807) is 30.3 Å². The van der Waals surface area contributed by atoms with Crippen molar-refractivity contribution in [3.05, 3.63) is 41.5 Å². The molecule has 0 amide bonds. The molecule has 1 heterocycles. The highest BCUT2D eigenvalue weighted by molar-refractivity contribution is 7.99. The third-order valence-electron chi connectivity index (χ3n) is 3.43. The molecule has 0 saturated heterocycles. The van der Waals surface area contributed by atoms with Gasteiger partial charge in [0.25, 0.3) is 0 Å². The summed E-state index contributed by atoms with van der Waals surface area (Å²) in [5, 5.41) is 9.40. The lowest BCUT2D eigenvalue weighted by Gasteiger charge is -2.19. The summed E-state index contributed by atoms with van der Waals surface area (Å²) in [6, 6.07) is 9.22. The van der Waals surface area contributed by atoms with E-state index >= 15 is 0 Å². The number of hydrogen-bond acceptors (Lipinski definition) is 4. The quantitative estimate of drug-likeness (QED) is 0.630.